The van der Waals surface area contributed by atoms with Crippen LogP contribution in [0.25, 0.3) is 22.2 Å². The van der Waals surface area contributed by atoms with Crippen LogP contribution < -0.4 is 5.32 Å². The normalized spacial score (nSPS) is 25.3. The van der Waals surface area contributed by atoms with Gasteiger partial charge in [0, 0.05) is 21.4 Å². The zero-order valence-electron chi connectivity index (χ0n) is 20.5. The topological polar surface area (TPSA) is 79.3 Å². The van der Waals surface area contributed by atoms with Crippen molar-refractivity contribution in [3.8, 4) is 11.3 Å². The van der Waals surface area contributed by atoms with Gasteiger partial charge in [0.2, 0.25) is 0 Å². The Morgan fingerprint density at radius 1 is 1.08 bits per heavy atom. The van der Waals surface area contributed by atoms with Gasteiger partial charge in [-0.3, -0.25) is 9.59 Å². The molecule has 2 bridgehead atoms. The van der Waals surface area contributed by atoms with Crippen LogP contribution in [-0.4, -0.2) is 33.0 Å². The average molecular weight is 529 g/mol. The number of hydrogen-bond donors (Lipinski definition) is 2. The third-order valence-corrected chi connectivity index (χ3v) is 8.97. The molecule has 0 radical (unpaired) electrons. The lowest BCUT2D eigenvalue weighted by molar-refractivity contribution is -0.162. The number of pyridine rings is 1. The van der Waals surface area contributed by atoms with Crippen LogP contribution in [0, 0.1) is 18.3 Å². The van der Waals surface area contributed by atoms with Gasteiger partial charge in [0.1, 0.15) is 0 Å². The van der Waals surface area contributed by atoms with Gasteiger partial charge in [0.15, 0.2) is 0 Å². The van der Waals surface area contributed by atoms with Crippen LogP contribution in [0.4, 0.5) is 13.2 Å². The van der Waals surface area contributed by atoms with E-state index in [9.17, 15) is 27.9 Å². The number of amides is 1. The van der Waals surface area contributed by atoms with Crippen LogP contribution in [-0.2, 0) is 4.79 Å². The fourth-order valence-corrected chi connectivity index (χ4v) is 6.84. The van der Waals surface area contributed by atoms with E-state index >= 15 is 0 Å². The van der Waals surface area contributed by atoms with Gasteiger partial charge in [-0.1, -0.05) is 37.3 Å². The van der Waals surface area contributed by atoms with Gasteiger partial charge in [-0.2, -0.15) is 13.2 Å². The second-order valence-corrected chi connectivity index (χ2v) is 11.5. The number of aliphatic carboxylic acids is 1. The molecule has 5 nitrogen and oxygen atoms in total. The maximum absolute atomic E-state index is 13.9. The maximum atomic E-state index is 13.9. The summed E-state index contributed by atoms with van der Waals surface area (Å²) in [4.78, 5) is 30.7. The summed E-state index contributed by atoms with van der Waals surface area (Å²) in [7, 11) is 0. The van der Waals surface area contributed by atoms with Gasteiger partial charge in [0.25, 0.3) is 5.91 Å². The quantitative estimate of drug-likeness (QED) is 0.350. The molecule has 0 spiro atoms. The fourth-order valence-electron chi connectivity index (χ4n) is 6.26. The number of carboxylic acids is 1. The number of nitrogens with one attached hydrogen (secondary N) is 1. The Balaban J connectivity index is 1.59. The van der Waals surface area contributed by atoms with Crippen molar-refractivity contribution in [1.29, 1.82) is 0 Å². The molecule has 0 saturated heterocycles. The summed E-state index contributed by atoms with van der Waals surface area (Å²) in [6.07, 6.45) is 2.63. The Morgan fingerprint density at radius 3 is 2.35 bits per heavy atom. The summed E-state index contributed by atoms with van der Waals surface area (Å²) in [5.41, 5.74) is -3.03. The summed E-state index contributed by atoms with van der Waals surface area (Å²) in [6.45, 7) is 3.69. The number of alkyl halides is 3. The van der Waals surface area contributed by atoms with Gasteiger partial charge in [-0.15, -0.1) is 0 Å². The lowest BCUT2D eigenvalue weighted by atomic mass is 9.52. The number of hydrogen-bond acceptors (Lipinski definition) is 4. The lowest BCUT2D eigenvalue weighted by Gasteiger charge is -2.55. The third kappa shape index (κ3) is 4.58. The minimum absolute atomic E-state index is 0.0175. The predicted molar refractivity (Wildman–Crippen MR) is 136 cm³/mol. The van der Waals surface area contributed by atoms with Gasteiger partial charge in [-0.25, -0.2) is 4.98 Å². The van der Waals surface area contributed by atoms with Crippen molar-refractivity contribution in [2.24, 2.45) is 11.3 Å². The molecule has 194 valence electrons. The molecule has 3 fully saturated rings. The Bertz CT molecular complexity index is 1380. The van der Waals surface area contributed by atoms with Crippen LogP contribution >= 0.6 is 11.8 Å². The molecule has 1 aromatic heterocycles. The number of aromatic nitrogens is 1. The molecule has 3 aromatic rings. The number of thioether (sulfide) groups is 1. The minimum atomic E-state index is -4.46. The third-order valence-electron chi connectivity index (χ3n) is 8.25. The molecule has 1 amide bonds. The number of carbonyl (C=O) groups excluding carboxylic acids is 1. The van der Waals surface area contributed by atoms with Gasteiger partial charge < -0.3 is 10.4 Å². The van der Waals surface area contributed by atoms with Crippen molar-refractivity contribution in [2.45, 2.75) is 61.9 Å². The smallest absolute Gasteiger partial charge is 0.446 e. The lowest BCUT2D eigenvalue weighted by Crippen LogP contribution is -2.61. The monoisotopic (exact) mass is 528 g/mol. The molecule has 2 aromatic carbocycles. The molecule has 6 rings (SSSR count). The number of halogens is 3. The summed E-state index contributed by atoms with van der Waals surface area (Å²) in [6, 6.07) is 13.6. The first-order valence-corrected chi connectivity index (χ1v) is 13.1. The van der Waals surface area contributed by atoms with Crippen molar-refractivity contribution in [2.75, 3.05) is 0 Å². The van der Waals surface area contributed by atoms with Crippen LogP contribution in [0.1, 0.15) is 54.9 Å². The number of fused-ring (bicyclic) bond motifs is 4. The molecule has 9 heteroatoms. The Morgan fingerprint density at radius 2 is 1.76 bits per heavy atom. The average Bonchev–Trinajstić information content (AvgIpc) is 2.83. The highest BCUT2D eigenvalue weighted by atomic mass is 32.2. The molecule has 3 aliphatic rings. The van der Waals surface area contributed by atoms with Crippen molar-refractivity contribution in [1.82, 2.24) is 10.3 Å². The zero-order valence-corrected chi connectivity index (χ0v) is 21.3. The molecular formula is C28H27F3N2O3S. The van der Waals surface area contributed by atoms with E-state index in [-0.39, 0.29) is 28.5 Å². The summed E-state index contributed by atoms with van der Waals surface area (Å²) >= 11 is -0.224. The predicted octanol–water partition coefficient (Wildman–Crippen LogP) is 6.98. The molecule has 1 atom stereocenters. The van der Waals surface area contributed by atoms with Gasteiger partial charge in [-0.05, 0) is 80.5 Å². The first-order valence-electron chi connectivity index (χ1n) is 12.2. The molecule has 1 heterocycles. The standard InChI is InChI=1S/C28H27F3N2O3S/c1-16-15-26(10-12-27(16,13-11-26)25(35)36)33-24(34)22-17(2)23(18-6-4-3-5-7-18)32-21-9-8-19(14-20(21)22)37-28(29,30)31/h3-9,14,16H,10-13,15H2,1-2H3,(H,33,34)(H,35,36). The van der Waals surface area contributed by atoms with Gasteiger partial charge >= 0.3 is 11.5 Å². The van der Waals surface area contributed by atoms with Crippen molar-refractivity contribution in [3.63, 3.8) is 0 Å². The fraction of sp³-hybridized carbons (Fsp3) is 0.393. The molecule has 1 unspecified atom stereocenters. The van der Waals surface area contributed by atoms with Crippen molar-refractivity contribution in [3.05, 3.63) is 59.7 Å². The number of rotatable bonds is 5. The Kier molecular flexibility index (Phi) is 6.25. The summed E-state index contributed by atoms with van der Waals surface area (Å²) in [5, 5.41) is 13.4. The number of benzene rings is 2. The van der Waals surface area contributed by atoms with E-state index in [2.05, 4.69) is 5.32 Å². The number of carboxylic acid groups (broad SMARTS) is 1. The first kappa shape index (κ1) is 25.6. The SMILES string of the molecule is Cc1c(-c2ccccc2)nc2ccc(SC(F)(F)F)cc2c1C(=O)NC12CCC(C(=O)O)(CC1)C(C)C2. The maximum Gasteiger partial charge on any atom is 0.446 e. The molecule has 0 aliphatic heterocycles. The second kappa shape index (κ2) is 9.04. The van der Waals surface area contributed by atoms with E-state index < -0.39 is 22.4 Å². The number of nitrogens with zero attached hydrogens (tertiary/aromatic N) is 1. The molecule has 2 N–H and O–H groups in total. The minimum Gasteiger partial charge on any atom is -0.481 e. The zero-order chi connectivity index (χ0) is 26.6. The molecular weight excluding hydrogens is 501 g/mol. The van der Waals surface area contributed by atoms with E-state index in [1.165, 1.54) is 18.2 Å². The molecule has 37 heavy (non-hydrogen) atoms. The molecule has 3 aliphatic carbocycles. The molecule has 3 saturated carbocycles. The van der Waals surface area contributed by atoms with Crippen molar-refractivity contribution >= 4 is 34.5 Å². The highest BCUT2D eigenvalue weighted by Gasteiger charge is 2.57. The first-order chi connectivity index (χ1) is 17.4. The van der Waals surface area contributed by atoms with Crippen LogP contribution in [0.15, 0.2) is 53.4 Å². The van der Waals surface area contributed by atoms with Crippen LogP contribution in [0.3, 0.4) is 0 Å². The van der Waals surface area contributed by atoms with E-state index in [1.807, 2.05) is 37.3 Å². The summed E-state index contributed by atoms with van der Waals surface area (Å²) < 4.78 is 39.4. The van der Waals surface area contributed by atoms with E-state index in [0.717, 1.165) is 5.56 Å². The Hall–Kier alpha value is -3.07. The highest BCUT2D eigenvalue weighted by Crippen LogP contribution is 2.55. The van der Waals surface area contributed by atoms with Crippen molar-refractivity contribution < 1.29 is 27.9 Å². The van der Waals surface area contributed by atoms with Crippen LogP contribution in [0.2, 0.25) is 0 Å². The van der Waals surface area contributed by atoms with E-state index in [0.29, 0.717) is 59.8 Å². The Labute approximate surface area is 216 Å². The number of carbonyl (C=O) groups is 2. The summed E-state index contributed by atoms with van der Waals surface area (Å²) in [5.74, 6) is -1.25. The van der Waals surface area contributed by atoms with Crippen LogP contribution in [0.5, 0.6) is 0 Å². The van der Waals surface area contributed by atoms with Gasteiger partial charge in [0.05, 0.1) is 22.2 Å². The van der Waals surface area contributed by atoms with E-state index in [4.69, 9.17) is 4.98 Å². The second-order valence-electron chi connectivity index (χ2n) is 10.4. The van der Waals surface area contributed by atoms with E-state index in [1.54, 1.807) is 6.92 Å². The largest absolute Gasteiger partial charge is 0.481 e. The highest BCUT2D eigenvalue weighted by molar-refractivity contribution is 8.00.